The molecule has 0 radical (unpaired) electrons. The molecule has 6 nitrogen and oxygen atoms in total. The maximum atomic E-state index is 12.5. The van der Waals surface area contributed by atoms with Gasteiger partial charge >= 0.3 is 5.91 Å². The van der Waals surface area contributed by atoms with E-state index >= 15 is 0 Å². The predicted octanol–water partition coefficient (Wildman–Crippen LogP) is 6.58. The van der Waals surface area contributed by atoms with Crippen LogP contribution in [0.4, 0.5) is 0 Å². The van der Waals surface area contributed by atoms with Gasteiger partial charge in [0.15, 0.2) is 17.3 Å². The van der Waals surface area contributed by atoms with E-state index in [0.717, 1.165) is 26.5 Å². The van der Waals surface area contributed by atoms with Gasteiger partial charge in [-0.25, -0.2) is 5.43 Å². The van der Waals surface area contributed by atoms with E-state index < -0.39 is 5.91 Å². The summed E-state index contributed by atoms with van der Waals surface area (Å²) in [6.07, 6.45) is 3.94. The fraction of sp³-hybridized carbons (Fsp3) is 0.143. The summed E-state index contributed by atoms with van der Waals surface area (Å²) in [5.41, 5.74) is 7.05. The van der Waals surface area contributed by atoms with Crippen molar-refractivity contribution in [2.24, 2.45) is 5.10 Å². The van der Waals surface area contributed by atoms with Crippen molar-refractivity contribution in [3.8, 4) is 11.5 Å². The topological polar surface area (TPSA) is 73.1 Å². The number of allylic oxidation sites excluding steroid dienone is 1. The van der Waals surface area contributed by atoms with Crippen LogP contribution in [0.2, 0.25) is 0 Å². The summed E-state index contributed by atoms with van der Waals surface area (Å²) < 4.78 is 18.2. The monoisotopic (exact) mass is 532 g/mol. The maximum Gasteiger partial charge on any atom is 0.307 e. The van der Waals surface area contributed by atoms with Crippen LogP contribution in [0, 0.1) is 6.92 Å². The van der Waals surface area contributed by atoms with E-state index in [2.05, 4.69) is 45.2 Å². The number of hydrogen-bond donors (Lipinski definition) is 1. The first kappa shape index (κ1) is 24.3. The smallest absolute Gasteiger partial charge is 0.307 e. The minimum atomic E-state index is -0.440. The molecule has 4 rings (SSSR count). The fourth-order valence-corrected chi connectivity index (χ4v) is 3.95. The molecule has 1 N–H and O–H groups in total. The summed E-state index contributed by atoms with van der Waals surface area (Å²) in [7, 11) is 1.59. The molecular weight excluding hydrogens is 508 g/mol. The third-order valence-corrected chi connectivity index (χ3v) is 5.82. The summed E-state index contributed by atoms with van der Waals surface area (Å²) in [4.78, 5) is 12.5. The van der Waals surface area contributed by atoms with Gasteiger partial charge in [0.1, 0.15) is 12.2 Å². The molecule has 3 aromatic carbocycles. The highest BCUT2D eigenvalue weighted by atomic mass is 79.9. The zero-order chi connectivity index (χ0) is 24.8. The first-order valence-electron chi connectivity index (χ1n) is 11.0. The molecule has 35 heavy (non-hydrogen) atoms. The molecule has 0 atom stereocenters. The Kier molecular flexibility index (Phi) is 7.67. The molecule has 0 fully saturated rings. The van der Waals surface area contributed by atoms with Crippen molar-refractivity contribution in [1.29, 1.82) is 0 Å². The molecule has 1 amide bonds. The molecule has 0 saturated heterocycles. The van der Waals surface area contributed by atoms with Gasteiger partial charge in [0.05, 0.1) is 13.3 Å². The number of hydrogen-bond acceptors (Lipinski definition) is 5. The Bertz CT molecular complexity index is 1390. The van der Waals surface area contributed by atoms with Gasteiger partial charge in [-0.3, -0.25) is 4.79 Å². The average Bonchev–Trinajstić information content (AvgIpc) is 3.27. The number of amides is 1. The number of fused-ring (bicyclic) bond motifs is 1. The number of nitrogens with one attached hydrogen (secondary N) is 1. The van der Waals surface area contributed by atoms with Crippen molar-refractivity contribution in [1.82, 2.24) is 5.43 Å². The van der Waals surface area contributed by atoms with Crippen LogP contribution in [0.25, 0.3) is 11.0 Å². The van der Waals surface area contributed by atoms with Crippen LogP contribution in [-0.2, 0) is 13.0 Å². The molecule has 0 spiro atoms. The van der Waals surface area contributed by atoms with Crippen LogP contribution in [-0.4, -0.2) is 19.2 Å². The number of carbonyl (C=O) groups excluding carboxylic acids is 1. The van der Waals surface area contributed by atoms with Crippen molar-refractivity contribution in [2.75, 3.05) is 7.11 Å². The quantitative estimate of drug-likeness (QED) is 0.150. The lowest BCUT2D eigenvalue weighted by molar-refractivity contribution is 0.0929. The van der Waals surface area contributed by atoms with Gasteiger partial charge in [-0.15, -0.1) is 6.58 Å². The molecule has 0 unspecified atom stereocenters. The van der Waals surface area contributed by atoms with Crippen molar-refractivity contribution in [3.05, 3.63) is 106 Å². The molecule has 0 aliphatic rings. The van der Waals surface area contributed by atoms with Gasteiger partial charge in [-0.05, 0) is 60.9 Å². The van der Waals surface area contributed by atoms with Gasteiger partial charge in [-0.2, -0.15) is 5.10 Å². The number of hydrazone groups is 1. The number of methoxy groups -OCH3 is 1. The Morgan fingerprint density at radius 3 is 2.69 bits per heavy atom. The predicted molar refractivity (Wildman–Crippen MR) is 141 cm³/mol. The third kappa shape index (κ3) is 6.00. The van der Waals surface area contributed by atoms with Gasteiger partial charge < -0.3 is 13.9 Å². The van der Waals surface area contributed by atoms with E-state index in [1.54, 1.807) is 31.5 Å². The Morgan fingerprint density at radius 2 is 1.94 bits per heavy atom. The maximum absolute atomic E-state index is 12.5. The lowest BCUT2D eigenvalue weighted by atomic mass is 10.1. The van der Waals surface area contributed by atoms with Crippen LogP contribution < -0.4 is 14.9 Å². The summed E-state index contributed by atoms with van der Waals surface area (Å²) >= 11 is 3.41. The van der Waals surface area contributed by atoms with Crippen LogP contribution in [0.3, 0.4) is 0 Å². The molecular formula is C28H25BrN2O4. The minimum Gasteiger partial charge on any atom is -0.493 e. The Labute approximate surface area is 212 Å². The summed E-state index contributed by atoms with van der Waals surface area (Å²) in [5.74, 6) is 0.972. The normalized spacial score (nSPS) is 11.1. The SMILES string of the molecule is C=CCc1cc(/C=N/NC(=O)c2cc3cc(Br)ccc3o2)cc(OC)c1OCc1ccc(C)cc1. The fourth-order valence-electron chi connectivity index (χ4n) is 3.57. The molecule has 0 saturated carbocycles. The number of aryl methyl sites for hydroxylation is 1. The number of nitrogens with zero attached hydrogens (tertiary/aromatic N) is 1. The van der Waals surface area contributed by atoms with Crippen molar-refractivity contribution >= 4 is 39.0 Å². The average molecular weight is 533 g/mol. The Morgan fingerprint density at radius 1 is 1.14 bits per heavy atom. The lowest BCUT2D eigenvalue weighted by Crippen LogP contribution is -2.16. The number of carbonyl (C=O) groups is 1. The zero-order valence-electron chi connectivity index (χ0n) is 19.5. The van der Waals surface area contributed by atoms with Gasteiger partial charge in [0, 0.05) is 15.4 Å². The third-order valence-electron chi connectivity index (χ3n) is 5.32. The van der Waals surface area contributed by atoms with Gasteiger partial charge in [0.2, 0.25) is 0 Å². The Hall–Kier alpha value is -3.84. The lowest BCUT2D eigenvalue weighted by Gasteiger charge is -2.16. The summed E-state index contributed by atoms with van der Waals surface area (Å²) in [5, 5.41) is 4.93. The number of furan rings is 1. The van der Waals surface area contributed by atoms with Crippen LogP contribution in [0.15, 0.2) is 87.3 Å². The summed E-state index contributed by atoms with van der Waals surface area (Å²) in [6.45, 7) is 6.32. The molecule has 1 heterocycles. The molecule has 1 aromatic heterocycles. The summed E-state index contributed by atoms with van der Waals surface area (Å²) in [6, 6.07) is 19.2. The minimum absolute atomic E-state index is 0.181. The van der Waals surface area contributed by atoms with Crippen molar-refractivity contribution in [3.63, 3.8) is 0 Å². The van der Waals surface area contributed by atoms with Crippen LogP contribution in [0.5, 0.6) is 11.5 Å². The molecule has 7 heteroatoms. The van der Waals surface area contributed by atoms with Gasteiger partial charge in [0.25, 0.3) is 0 Å². The largest absolute Gasteiger partial charge is 0.493 e. The molecule has 178 valence electrons. The highest BCUT2D eigenvalue weighted by Crippen LogP contribution is 2.34. The highest BCUT2D eigenvalue weighted by Gasteiger charge is 2.14. The molecule has 0 aliphatic carbocycles. The second-order valence-corrected chi connectivity index (χ2v) is 8.89. The van der Waals surface area contributed by atoms with E-state index in [4.69, 9.17) is 13.9 Å². The molecule has 4 aromatic rings. The Balaban J connectivity index is 1.50. The number of ether oxygens (including phenoxy) is 2. The molecule has 0 bridgehead atoms. The van der Waals surface area contributed by atoms with E-state index in [1.807, 2.05) is 43.3 Å². The van der Waals surface area contributed by atoms with E-state index in [1.165, 1.54) is 5.56 Å². The van der Waals surface area contributed by atoms with Crippen molar-refractivity contribution < 1.29 is 18.7 Å². The zero-order valence-corrected chi connectivity index (χ0v) is 21.1. The number of rotatable bonds is 9. The number of halogens is 1. The van der Waals surface area contributed by atoms with E-state index in [0.29, 0.717) is 30.1 Å². The highest BCUT2D eigenvalue weighted by molar-refractivity contribution is 9.10. The van der Waals surface area contributed by atoms with Gasteiger partial charge in [-0.1, -0.05) is 51.8 Å². The van der Waals surface area contributed by atoms with Crippen LogP contribution >= 0.6 is 15.9 Å². The second kappa shape index (κ2) is 11.1. The first-order chi connectivity index (χ1) is 17.0. The standard InChI is InChI=1S/C28H25BrN2O4/c1-4-5-21-12-20(13-25(33-3)27(21)34-17-19-8-6-18(2)7-9-19)16-30-31-28(32)26-15-22-14-23(29)10-11-24(22)35-26/h4,6-16H,1,5,17H2,2-3H3,(H,31,32)/b30-16+. The van der Waals surface area contributed by atoms with E-state index in [-0.39, 0.29) is 5.76 Å². The number of benzene rings is 3. The first-order valence-corrected chi connectivity index (χ1v) is 11.8. The van der Waals surface area contributed by atoms with Crippen molar-refractivity contribution in [2.45, 2.75) is 20.0 Å². The molecule has 0 aliphatic heterocycles. The van der Waals surface area contributed by atoms with E-state index in [9.17, 15) is 4.79 Å². The second-order valence-electron chi connectivity index (χ2n) is 7.97. The van der Waals surface area contributed by atoms with Crippen LogP contribution in [0.1, 0.15) is 32.8 Å².